The normalized spacial score (nSPS) is 20.8. The van der Waals surface area contributed by atoms with Crippen molar-refractivity contribution in [1.29, 1.82) is 0 Å². The predicted octanol–water partition coefficient (Wildman–Crippen LogP) is 3.12. The first-order chi connectivity index (χ1) is 11.6. The van der Waals surface area contributed by atoms with Gasteiger partial charge in [0.05, 0.1) is 16.9 Å². The van der Waals surface area contributed by atoms with E-state index in [1.54, 1.807) is 23.0 Å². The Balaban J connectivity index is 1.68. The SMILES string of the molecule is Cc1nn(-c2ccc(Cl)cc2)cc1C(=O)NC1CCC(CO)CC1. The summed E-state index contributed by atoms with van der Waals surface area (Å²) in [5.41, 5.74) is 2.16. The van der Waals surface area contributed by atoms with Crippen LogP contribution in [0.2, 0.25) is 5.02 Å². The molecule has 6 heteroatoms. The second kappa shape index (κ2) is 7.36. The van der Waals surface area contributed by atoms with Crippen LogP contribution >= 0.6 is 11.6 Å². The van der Waals surface area contributed by atoms with E-state index in [0.717, 1.165) is 31.4 Å². The van der Waals surface area contributed by atoms with E-state index in [0.29, 0.717) is 22.2 Å². The molecule has 1 aliphatic rings. The molecule has 1 aromatic carbocycles. The van der Waals surface area contributed by atoms with Crippen LogP contribution in [-0.4, -0.2) is 33.4 Å². The van der Waals surface area contributed by atoms with E-state index >= 15 is 0 Å². The zero-order valence-electron chi connectivity index (χ0n) is 13.7. The van der Waals surface area contributed by atoms with Gasteiger partial charge in [0, 0.05) is 23.9 Å². The number of hydrogen-bond acceptors (Lipinski definition) is 3. The number of nitrogens with one attached hydrogen (secondary N) is 1. The molecule has 1 heterocycles. The molecule has 2 N–H and O–H groups in total. The van der Waals surface area contributed by atoms with Crippen molar-refractivity contribution in [3.8, 4) is 5.69 Å². The summed E-state index contributed by atoms with van der Waals surface area (Å²) in [6.07, 6.45) is 5.52. The van der Waals surface area contributed by atoms with Crippen LogP contribution in [0.4, 0.5) is 0 Å². The third-order valence-corrected chi connectivity index (χ3v) is 4.93. The Morgan fingerprint density at radius 1 is 1.29 bits per heavy atom. The van der Waals surface area contributed by atoms with Gasteiger partial charge in [0.25, 0.3) is 5.91 Å². The second-order valence-electron chi connectivity index (χ2n) is 6.42. The molecular weight excluding hydrogens is 326 g/mol. The van der Waals surface area contributed by atoms with Crippen LogP contribution in [0.25, 0.3) is 5.69 Å². The molecule has 1 amide bonds. The molecule has 2 aromatic rings. The zero-order chi connectivity index (χ0) is 17.1. The maximum Gasteiger partial charge on any atom is 0.254 e. The van der Waals surface area contributed by atoms with E-state index in [1.165, 1.54) is 0 Å². The first-order valence-electron chi connectivity index (χ1n) is 8.30. The summed E-state index contributed by atoms with van der Waals surface area (Å²) in [4.78, 5) is 12.5. The van der Waals surface area contributed by atoms with Gasteiger partial charge in [-0.25, -0.2) is 4.68 Å². The van der Waals surface area contributed by atoms with Crippen LogP contribution < -0.4 is 5.32 Å². The number of nitrogens with zero attached hydrogens (tertiary/aromatic N) is 2. The number of aliphatic hydroxyl groups excluding tert-OH is 1. The topological polar surface area (TPSA) is 67.2 Å². The number of halogens is 1. The highest BCUT2D eigenvalue weighted by molar-refractivity contribution is 6.30. The van der Waals surface area contributed by atoms with Crippen molar-refractivity contribution in [2.24, 2.45) is 5.92 Å². The second-order valence-corrected chi connectivity index (χ2v) is 6.86. The van der Waals surface area contributed by atoms with E-state index in [9.17, 15) is 9.90 Å². The Morgan fingerprint density at radius 3 is 2.58 bits per heavy atom. The van der Waals surface area contributed by atoms with Crippen molar-refractivity contribution in [3.63, 3.8) is 0 Å². The highest BCUT2D eigenvalue weighted by Gasteiger charge is 2.23. The molecule has 0 saturated heterocycles. The highest BCUT2D eigenvalue weighted by atomic mass is 35.5. The lowest BCUT2D eigenvalue weighted by molar-refractivity contribution is 0.0913. The summed E-state index contributed by atoms with van der Waals surface area (Å²) in [6, 6.07) is 7.51. The maximum atomic E-state index is 12.5. The molecule has 1 saturated carbocycles. The fourth-order valence-corrected chi connectivity index (χ4v) is 3.29. The molecule has 3 rings (SSSR count). The van der Waals surface area contributed by atoms with Crippen molar-refractivity contribution in [1.82, 2.24) is 15.1 Å². The minimum atomic E-state index is -0.0832. The number of aromatic nitrogens is 2. The third kappa shape index (κ3) is 3.79. The molecule has 1 aromatic heterocycles. The maximum absolute atomic E-state index is 12.5. The van der Waals surface area contributed by atoms with Gasteiger partial charge in [-0.15, -0.1) is 0 Å². The molecule has 24 heavy (non-hydrogen) atoms. The Kier molecular flexibility index (Phi) is 5.21. The molecule has 0 atom stereocenters. The lowest BCUT2D eigenvalue weighted by Crippen LogP contribution is -2.38. The summed E-state index contributed by atoms with van der Waals surface area (Å²) >= 11 is 5.91. The molecular formula is C18H22ClN3O2. The van der Waals surface area contributed by atoms with Gasteiger partial charge in [-0.3, -0.25) is 4.79 Å². The van der Waals surface area contributed by atoms with E-state index in [-0.39, 0.29) is 18.6 Å². The summed E-state index contributed by atoms with van der Waals surface area (Å²) < 4.78 is 1.70. The van der Waals surface area contributed by atoms with Gasteiger partial charge < -0.3 is 10.4 Å². The van der Waals surface area contributed by atoms with E-state index in [1.807, 2.05) is 19.1 Å². The first-order valence-corrected chi connectivity index (χ1v) is 8.68. The minimum absolute atomic E-state index is 0.0832. The van der Waals surface area contributed by atoms with Crippen LogP contribution in [0, 0.1) is 12.8 Å². The van der Waals surface area contributed by atoms with Gasteiger partial charge in [0.1, 0.15) is 0 Å². The number of carbonyl (C=O) groups is 1. The van der Waals surface area contributed by atoms with Crippen LogP contribution in [0.3, 0.4) is 0 Å². The lowest BCUT2D eigenvalue weighted by atomic mass is 9.86. The number of carbonyl (C=O) groups excluding carboxylic acids is 1. The van der Waals surface area contributed by atoms with E-state index in [4.69, 9.17) is 11.6 Å². The van der Waals surface area contributed by atoms with Gasteiger partial charge >= 0.3 is 0 Å². The van der Waals surface area contributed by atoms with Gasteiger partial charge in [0.2, 0.25) is 0 Å². The summed E-state index contributed by atoms with van der Waals surface area (Å²) in [7, 11) is 0. The average Bonchev–Trinajstić information content (AvgIpc) is 2.98. The zero-order valence-corrected chi connectivity index (χ0v) is 14.5. The predicted molar refractivity (Wildman–Crippen MR) is 93.6 cm³/mol. The molecule has 0 spiro atoms. The molecule has 5 nitrogen and oxygen atoms in total. The first kappa shape index (κ1) is 17.0. The number of hydrogen-bond donors (Lipinski definition) is 2. The van der Waals surface area contributed by atoms with Gasteiger partial charge in [-0.2, -0.15) is 5.10 Å². The van der Waals surface area contributed by atoms with Crippen molar-refractivity contribution in [3.05, 3.63) is 46.7 Å². The van der Waals surface area contributed by atoms with Crippen molar-refractivity contribution in [2.75, 3.05) is 6.61 Å². The highest BCUT2D eigenvalue weighted by Crippen LogP contribution is 2.24. The smallest absolute Gasteiger partial charge is 0.254 e. The van der Waals surface area contributed by atoms with Crippen LogP contribution in [0.5, 0.6) is 0 Å². The Hall–Kier alpha value is -1.85. The molecule has 0 unspecified atom stereocenters. The van der Waals surface area contributed by atoms with Gasteiger partial charge in [-0.1, -0.05) is 11.6 Å². The Morgan fingerprint density at radius 2 is 1.96 bits per heavy atom. The number of rotatable bonds is 4. The average molecular weight is 348 g/mol. The van der Waals surface area contributed by atoms with Crippen molar-refractivity contribution >= 4 is 17.5 Å². The number of benzene rings is 1. The number of amides is 1. The van der Waals surface area contributed by atoms with Gasteiger partial charge in [-0.05, 0) is 62.8 Å². The van der Waals surface area contributed by atoms with Crippen LogP contribution in [0.15, 0.2) is 30.5 Å². The Labute approximate surface area is 146 Å². The molecule has 0 radical (unpaired) electrons. The molecule has 128 valence electrons. The largest absolute Gasteiger partial charge is 0.396 e. The van der Waals surface area contributed by atoms with E-state index < -0.39 is 0 Å². The standard InChI is InChI=1S/C18H22ClN3O2/c1-12-17(10-22(21-12)16-8-4-14(19)5-9-16)18(24)20-15-6-2-13(11-23)3-7-15/h4-5,8-10,13,15,23H,2-3,6-7,11H2,1H3,(H,20,24). The minimum Gasteiger partial charge on any atom is -0.396 e. The summed E-state index contributed by atoms with van der Waals surface area (Å²) in [6.45, 7) is 2.08. The Bertz CT molecular complexity index is 704. The number of aliphatic hydroxyl groups is 1. The third-order valence-electron chi connectivity index (χ3n) is 4.67. The van der Waals surface area contributed by atoms with Crippen LogP contribution in [-0.2, 0) is 0 Å². The fraction of sp³-hybridized carbons (Fsp3) is 0.444. The summed E-state index contributed by atoms with van der Waals surface area (Å²) in [5, 5.41) is 17.4. The molecule has 1 aliphatic carbocycles. The molecule has 0 bridgehead atoms. The van der Waals surface area contributed by atoms with Crippen molar-refractivity contribution in [2.45, 2.75) is 38.6 Å². The lowest BCUT2D eigenvalue weighted by Gasteiger charge is -2.27. The van der Waals surface area contributed by atoms with E-state index in [2.05, 4.69) is 10.4 Å². The molecule has 1 fully saturated rings. The number of aryl methyl sites for hydroxylation is 1. The van der Waals surface area contributed by atoms with Crippen molar-refractivity contribution < 1.29 is 9.90 Å². The molecule has 0 aliphatic heterocycles. The van der Waals surface area contributed by atoms with Crippen LogP contribution in [0.1, 0.15) is 41.7 Å². The summed E-state index contributed by atoms with van der Waals surface area (Å²) in [5.74, 6) is 0.299. The quantitative estimate of drug-likeness (QED) is 0.893. The fourth-order valence-electron chi connectivity index (χ4n) is 3.16. The monoisotopic (exact) mass is 347 g/mol. The van der Waals surface area contributed by atoms with Gasteiger partial charge in [0.15, 0.2) is 0 Å².